The van der Waals surface area contributed by atoms with Gasteiger partial charge in [-0.2, -0.15) is 0 Å². The van der Waals surface area contributed by atoms with Crippen LogP contribution in [0.1, 0.15) is 24.4 Å². The average Bonchev–Trinajstić information content (AvgIpc) is 2.85. The standard InChI is InChI=1S/C9H11FN2.2ClH/c10-8-3-7(4-12-5-8)9(11)6-1-2-6;;/h3-6,9H,1-2,11H2;2*1H. The first-order valence-corrected chi connectivity index (χ1v) is 4.13. The predicted octanol–water partition coefficient (Wildman–Crippen LogP) is 2.47. The molecule has 2 N–H and O–H groups in total. The van der Waals surface area contributed by atoms with Crippen LogP contribution in [0, 0.1) is 11.7 Å². The molecule has 2 rings (SSSR count). The Kier molecular flexibility index (Phi) is 5.34. The number of aromatic nitrogens is 1. The summed E-state index contributed by atoms with van der Waals surface area (Å²) in [7, 11) is 0. The van der Waals surface area contributed by atoms with E-state index in [-0.39, 0.29) is 36.7 Å². The number of nitrogens with zero attached hydrogens (tertiary/aromatic N) is 1. The molecular formula is C9H13Cl2FN2. The highest BCUT2D eigenvalue weighted by Crippen LogP contribution is 2.39. The molecular weight excluding hydrogens is 226 g/mol. The van der Waals surface area contributed by atoms with Crippen LogP contribution in [0.25, 0.3) is 0 Å². The summed E-state index contributed by atoms with van der Waals surface area (Å²) in [6.45, 7) is 0. The SMILES string of the molecule is Cl.Cl.NC(c1cncc(F)c1)C1CC1. The Morgan fingerprint density at radius 1 is 1.36 bits per heavy atom. The molecule has 0 radical (unpaired) electrons. The minimum Gasteiger partial charge on any atom is -0.324 e. The van der Waals surface area contributed by atoms with Crippen LogP contribution in [0.2, 0.25) is 0 Å². The quantitative estimate of drug-likeness (QED) is 0.860. The van der Waals surface area contributed by atoms with Gasteiger partial charge in [0.1, 0.15) is 5.82 Å². The highest BCUT2D eigenvalue weighted by Gasteiger charge is 2.29. The van der Waals surface area contributed by atoms with Crippen LogP contribution < -0.4 is 5.73 Å². The minimum absolute atomic E-state index is 0. The molecule has 5 heteroatoms. The second-order valence-electron chi connectivity index (χ2n) is 3.30. The molecule has 0 saturated heterocycles. The zero-order valence-corrected chi connectivity index (χ0v) is 9.15. The Hall–Kier alpha value is -0.380. The number of halogens is 3. The zero-order valence-electron chi connectivity index (χ0n) is 7.52. The van der Waals surface area contributed by atoms with Gasteiger partial charge < -0.3 is 5.73 Å². The molecule has 1 aromatic heterocycles. The Morgan fingerprint density at radius 2 is 2.00 bits per heavy atom. The topological polar surface area (TPSA) is 38.9 Å². The van der Waals surface area contributed by atoms with Gasteiger partial charge in [-0.15, -0.1) is 24.8 Å². The molecule has 0 bridgehead atoms. The van der Waals surface area contributed by atoms with Gasteiger partial charge >= 0.3 is 0 Å². The van der Waals surface area contributed by atoms with Crippen molar-refractivity contribution in [1.29, 1.82) is 0 Å². The summed E-state index contributed by atoms with van der Waals surface area (Å²) < 4.78 is 12.7. The number of hydrogen-bond acceptors (Lipinski definition) is 2. The van der Waals surface area contributed by atoms with E-state index in [1.165, 1.54) is 12.3 Å². The van der Waals surface area contributed by atoms with Gasteiger partial charge in [0.25, 0.3) is 0 Å². The maximum Gasteiger partial charge on any atom is 0.141 e. The van der Waals surface area contributed by atoms with Crippen LogP contribution >= 0.6 is 24.8 Å². The summed E-state index contributed by atoms with van der Waals surface area (Å²) in [6, 6.07) is 1.45. The molecule has 0 amide bonds. The number of rotatable bonds is 2. The van der Waals surface area contributed by atoms with Crippen LogP contribution in [0.15, 0.2) is 18.5 Å². The first-order valence-electron chi connectivity index (χ1n) is 4.13. The summed E-state index contributed by atoms with van der Waals surface area (Å²) in [5.41, 5.74) is 6.68. The van der Waals surface area contributed by atoms with Crippen molar-refractivity contribution in [2.75, 3.05) is 0 Å². The van der Waals surface area contributed by atoms with Gasteiger partial charge in [0.2, 0.25) is 0 Å². The van der Waals surface area contributed by atoms with E-state index in [9.17, 15) is 4.39 Å². The fourth-order valence-corrected chi connectivity index (χ4v) is 1.34. The zero-order chi connectivity index (χ0) is 8.55. The van der Waals surface area contributed by atoms with Gasteiger partial charge in [-0.3, -0.25) is 4.98 Å². The summed E-state index contributed by atoms with van der Waals surface area (Å²) in [6.07, 6.45) is 5.17. The molecule has 1 fully saturated rings. The molecule has 0 aliphatic heterocycles. The van der Waals surface area contributed by atoms with Crippen LogP contribution in [0.3, 0.4) is 0 Å². The highest BCUT2D eigenvalue weighted by atomic mass is 35.5. The summed E-state index contributed by atoms with van der Waals surface area (Å²) in [4.78, 5) is 3.76. The molecule has 1 aliphatic rings. The van der Waals surface area contributed by atoms with Gasteiger partial charge in [0.15, 0.2) is 0 Å². The molecule has 14 heavy (non-hydrogen) atoms. The average molecular weight is 239 g/mol. The van der Waals surface area contributed by atoms with Crippen LogP contribution in [-0.2, 0) is 0 Å². The monoisotopic (exact) mass is 238 g/mol. The van der Waals surface area contributed by atoms with Crippen molar-refractivity contribution in [3.63, 3.8) is 0 Å². The third kappa shape index (κ3) is 3.08. The van der Waals surface area contributed by atoms with E-state index in [1.807, 2.05) is 0 Å². The fourth-order valence-electron chi connectivity index (χ4n) is 1.34. The largest absolute Gasteiger partial charge is 0.324 e. The fraction of sp³-hybridized carbons (Fsp3) is 0.444. The highest BCUT2D eigenvalue weighted by molar-refractivity contribution is 5.85. The van der Waals surface area contributed by atoms with E-state index in [2.05, 4.69) is 4.98 Å². The van der Waals surface area contributed by atoms with E-state index >= 15 is 0 Å². The van der Waals surface area contributed by atoms with Gasteiger partial charge in [-0.25, -0.2) is 4.39 Å². The maximum absolute atomic E-state index is 12.7. The van der Waals surface area contributed by atoms with Crippen LogP contribution in [0.5, 0.6) is 0 Å². The van der Waals surface area contributed by atoms with Crippen molar-refractivity contribution in [3.8, 4) is 0 Å². The van der Waals surface area contributed by atoms with E-state index in [0.717, 1.165) is 18.4 Å². The lowest BCUT2D eigenvalue weighted by atomic mass is 10.1. The van der Waals surface area contributed by atoms with E-state index in [4.69, 9.17) is 5.73 Å². The molecule has 1 aromatic rings. The van der Waals surface area contributed by atoms with Gasteiger partial charge in [0.05, 0.1) is 6.20 Å². The molecule has 0 spiro atoms. The molecule has 1 aliphatic carbocycles. The smallest absolute Gasteiger partial charge is 0.141 e. The lowest BCUT2D eigenvalue weighted by Gasteiger charge is -2.08. The molecule has 80 valence electrons. The van der Waals surface area contributed by atoms with Crippen LogP contribution in [0.4, 0.5) is 4.39 Å². The molecule has 2 nitrogen and oxygen atoms in total. The third-order valence-electron chi connectivity index (χ3n) is 2.24. The maximum atomic E-state index is 12.7. The molecule has 0 aromatic carbocycles. The summed E-state index contributed by atoms with van der Waals surface area (Å²) >= 11 is 0. The van der Waals surface area contributed by atoms with Crippen molar-refractivity contribution in [2.45, 2.75) is 18.9 Å². The van der Waals surface area contributed by atoms with E-state index in [1.54, 1.807) is 6.20 Å². The summed E-state index contributed by atoms with van der Waals surface area (Å²) in [5.74, 6) is 0.247. The van der Waals surface area contributed by atoms with Gasteiger partial charge in [-0.05, 0) is 30.4 Å². The van der Waals surface area contributed by atoms with Gasteiger partial charge in [0, 0.05) is 12.2 Å². The van der Waals surface area contributed by atoms with Gasteiger partial charge in [-0.1, -0.05) is 0 Å². The Morgan fingerprint density at radius 3 is 2.50 bits per heavy atom. The normalized spacial score (nSPS) is 16.4. The molecule has 1 saturated carbocycles. The van der Waals surface area contributed by atoms with Crippen molar-refractivity contribution in [1.82, 2.24) is 4.98 Å². The number of nitrogens with two attached hydrogens (primary N) is 1. The van der Waals surface area contributed by atoms with Crippen LogP contribution in [-0.4, -0.2) is 4.98 Å². The molecule has 1 atom stereocenters. The Balaban J connectivity index is 0.000000845. The molecule has 1 unspecified atom stereocenters. The Labute approximate surface area is 94.9 Å². The lowest BCUT2D eigenvalue weighted by molar-refractivity contribution is 0.594. The predicted molar refractivity (Wildman–Crippen MR) is 58.3 cm³/mol. The Bertz CT molecular complexity index is 292. The second kappa shape index (κ2) is 5.49. The third-order valence-corrected chi connectivity index (χ3v) is 2.24. The van der Waals surface area contributed by atoms with Crippen molar-refractivity contribution < 1.29 is 4.39 Å². The minimum atomic E-state index is -0.302. The lowest BCUT2D eigenvalue weighted by Crippen LogP contribution is -2.12. The van der Waals surface area contributed by atoms with Crippen molar-refractivity contribution in [2.24, 2.45) is 11.7 Å². The number of pyridine rings is 1. The molecule has 1 heterocycles. The van der Waals surface area contributed by atoms with Crippen molar-refractivity contribution in [3.05, 3.63) is 29.8 Å². The summed E-state index contributed by atoms with van der Waals surface area (Å²) in [5, 5.41) is 0. The number of hydrogen-bond donors (Lipinski definition) is 1. The van der Waals surface area contributed by atoms with Crippen molar-refractivity contribution >= 4 is 24.8 Å². The second-order valence-corrected chi connectivity index (χ2v) is 3.30. The first kappa shape index (κ1) is 13.6. The van der Waals surface area contributed by atoms with E-state index in [0.29, 0.717) is 5.92 Å². The van der Waals surface area contributed by atoms with E-state index < -0.39 is 0 Å². The first-order chi connectivity index (χ1) is 5.77.